The lowest BCUT2D eigenvalue weighted by Crippen LogP contribution is -2.21. The van der Waals surface area contributed by atoms with Gasteiger partial charge in [-0.15, -0.1) is 0 Å². The summed E-state index contributed by atoms with van der Waals surface area (Å²) in [6.45, 7) is 3.26. The maximum Gasteiger partial charge on any atom is 0.341 e. The van der Waals surface area contributed by atoms with Gasteiger partial charge >= 0.3 is 5.97 Å². The smallest absolute Gasteiger partial charge is 0.341 e. The van der Waals surface area contributed by atoms with Gasteiger partial charge in [-0.05, 0) is 37.5 Å². The number of benzene rings is 1. The van der Waals surface area contributed by atoms with Gasteiger partial charge in [-0.25, -0.2) is 4.79 Å². The third-order valence-corrected chi connectivity index (χ3v) is 3.72. The molecule has 2 rings (SSSR count). The van der Waals surface area contributed by atoms with Crippen LogP contribution in [0.15, 0.2) is 18.2 Å². The summed E-state index contributed by atoms with van der Waals surface area (Å²) in [6.07, 6.45) is 3.26. The molecule has 122 valence electrons. The Morgan fingerprint density at radius 3 is 2.73 bits per heavy atom. The molecule has 1 N–H and O–H groups in total. The van der Waals surface area contributed by atoms with Crippen molar-refractivity contribution in [3.05, 3.63) is 29.3 Å². The molecule has 0 spiro atoms. The summed E-state index contributed by atoms with van der Waals surface area (Å²) in [4.78, 5) is 11.8. The SMILES string of the molecule is COCCCOc1cc([C@@H](C)NC2CC2)ccc1C(=O)OC. The number of rotatable bonds is 9. The topological polar surface area (TPSA) is 56.8 Å². The highest BCUT2D eigenvalue weighted by molar-refractivity contribution is 5.92. The minimum absolute atomic E-state index is 0.237. The van der Waals surface area contributed by atoms with E-state index < -0.39 is 0 Å². The zero-order valence-corrected chi connectivity index (χ0v) is 13.6. The van der Waals surface area contributed by atoms with Gasteiger partial charge in [0.1, 0.15) is 11.3 Å². The fourth-order valence-electron chi connectivity index (χ4n) is 2.29. The summed E-state index contributed by atoms with van der Waals surface area (Å²) < 4.78 is 15.6. The van der Waals surface area contributed by atoms with Crippen molar-refractivity contribution < 1.29 is 19.0 Å². The number of methoxy groups -OCH3 is 2. The molecule has 22 heavy (non-hydrogen) atoms. The van der Waals surface area contributed by atoms with Gasteiger partial charge in [0.05, 0.1) is 13.7 Å². The summed E-state index contributed by atoms with van der Waals surface area (Å²) in [7, 11) is 3.04. The van der Waals surface area contributed by atoms with Crippen LogP contribution in [0.4, 0.5) is 0 Å². The van der Waals surface area contributed by atoms with Crippen LogP contribution >= 0.6 is 0 Å². The number of carbonyl (C=O) groups excluding carboxylic acids is 1. The van der Waals surface area contributed by atoms with Gasteiger partial charge in [-0.3, -0.25) is 0 Å². The van der Waals surface area contributed by atoms with Crippen LogP contribution in [0.2, 0.25) is 0 Å². The van der Waals surface area contributed by atoms with Gasteiger partial charge in [0.15, 0.2) is 0 Å². The number of hydrogen-bond acceptors (Lipinski definition) is 5. The normalized spacial score (nSPS) is 15.4. The average Bonchev–Trinajstić information content (AvgIpc) is 3.34. The third kappa shape index (κ3) is 4.71. The first kappa shape index (κ1) is 16.8. The summed E-state index contributed by atoms with van der Waals surface area (Å²) in [5.74, 6) is 0.195. The second kappa shape index (κ2) is 8.15. The number of hydrogen-bond donors (Lipinski definition) is 1. The van der Waals surface area contributed by atoms with E-state index in [-0.39, 0.29) is 12.0 Å². The average molecular weight is 307 g/mol. The zero-order valence-electron chi connectivity index (χ0n) is 13.6. The van der Waals surface area contributed by atoms with Crippen LogP contribution in [0.1, 0.15) is 48.1 Å². The molecule has 5 nitrogen and oxygen atoms in total. The van der Waals surface area contributed by atoms with Crippen LogP contribution in [-0.4, -0.2) is 39.4 Å². The zero-order chi connectivity index (χ0) is 15.9. The molecular weight excluding hydrogens is 282 g/mol. The molecule has 1 aliphatic carbocycles. The fraction of sp³-hybridized carbons (Fsp3) is 0.588. The van der Waals surface area contributed by atoms with Gasteiger partial charge in [0, 0.05) is 32.2 Å². The highest BCUT2D eigenvalue weighted by Crippen LogP contribution is 2.28. The van der Waals surface area contributed by atoms with Gasteiger partial charge in [-0.1, -0.05) is 6.07 Å². The molecule has 1 saturated carbocycles. The second-order valence-corrected chi connectivity index (χ2v) is 5.60. The monoisotopic (exact) mass is 307 g/mol. The molecule has 0 heterocycles. The van der Waals surface area contributed by atoms with E-state index in [1.165, 1.54) is 20.0 Å². The molecule has 0 unspecified atom stereocenters. The molecule has 0 saturated heterocycles. The van der Waals surface area contributed by atoms with Crippen LogP contribution in [0.5, 0.6) is 5.75 Å². The second-order valence-electron chi connectivity index (χ2n) is 5.60. The highest BCUT2D eigenvalue weighted by Gasteiger charge is 2.24. The Morgan fingerprint density at radius 1 is 1.32 bits per heavy atom. The summed E-state index contributed by atoms with van der Waals surface area (Å²) in [6, 6.07) is 6.52. The van der Waals surface area contributed by atoms with E-state index in [4.69, 9.17) is 14.2 Å². The first-order chi connectivity index (χ1) is 10.7. The molecule has 0 aromatic heterocycles. The van der Waals surface area contributed by atoms with Gasteiger partial charge in [0.25, 0.3) is 0 Å². The van der Waals surface area contributed by atoms with Crippen molar-refractivity contribution in [1.29, 1.82) is 0 Å². The van der Waals surface area contributed by atoms with Crippen molar-refractivity contribution in [1.82, 2.24) is 5.32 Å². The Hall–Kier alpha value is -1.59. The van der Waals surface area contributed by atoms with Gasteiger partial charge in [0.2, 0.25) is 0 Å². The maximum atomic E-state index is 11.8. The van der Waals surface area contributed by atoms with Crippen LogP contribution < -0.4 is 10.1 Å². The lowest BCUT2D eigenvalue weighted by atomic mass is 10.0. The largest absolute Gasteiger partial charge is 0.493 e. The molecule has 5 heteroatoms. The van der Waals surface area contributed by atoms with E-state index in [9.17, 15) is 4.79 Å². The third-order valence-electron chi connectivity index (χ3n) is 3.72. The van der Waals surface area contributed by atoms with Crippen molar-refractivity contribution in [2.75, 3.05) is 27.4 Å². The maximum absolute atomic E-state index is 11.8. The van der Waals surface area contributed by atoms with Crippen LogP contribution in [0.25, 0.3) is 0 Å². The van der Waals surface area contributed by atoms with E-state index in [0.29, 0.717) is 30.6 Å². The van der Waals surface area contributed by atoms with E-state index >= 15 is 0 Å². The Bertz CT molecular complexity index is 499. The summed E-state index contributed by atoms with van der Waals surface area (Å²) in [5.41, 5.74) is 1.57. The molecular formula is C17H25NO4. The van der Waals surface area contributed by atoms with Crippen molar-refractivity contribution >= 4 is 5.97 Å². The van der Waals surface area contributed by atoms with E-state index in [1.807, 2.05) is 12.1 Å². The van der Waals surface area contributed by atoms with Gasteiger partial charge < -0.3 is 19.5 Å². The molecule has 0 bridgehead atoms. The summed E-state index contributed by atoms with van der Waals surface area (Å²) >= 11 is 0. The lowest BCUT2D eigenvalue weighted by molar-refractivity contribution is 0.0595. The van der Waals surface area contributed by atoms with Crippen LogP contribution in [-0.2, 0) is 9.47 Å². The Balaban J connectivity index is 2.10. The minimum Gasteiger partial charge on any atom is -0.493 e. The number of esters is 1. The lowest BCUT2D eigenvalue weighted by Gasteiger charge is -2.17. The van der Waals surface area contributed by atoms with Crippen LogP contribution in [0, 0.1) is 0 Å². The molecule has 0 aliphatic heterocycles. The minimum atomic E-state index is -0.379. The molecule has 0 amide bonds. The Morgan fingerprint density at radius 2 is 2.09 bits per heavy atom. The summed E-state index contributed by atoms with van der Waals surface area (Å²) in [5, 5.41) is 3.54. The van der Waals surface area contributed by atoms with Crippen molar-refractivity contribution in [3.8, 4) is 5.75 Å². The number of ether oxygens (including phenoxy) is 3. The predicted molar refractivity (Wildman–Crippen MR) is 84.3 cm³/mol. The quantitative estimate of drug-likeness (QED) is 0.561. The number of nitrogens with one attached hydrogen (secondary N) is 1. The van der Waals surface area contributed by atoms with Crippen molar-refractivity contribution in [2.45, 2.75) is 38.3 Å². The molecule has 1 aromatic carbocycles. The molecule has 1 atom stereocenters. The Kier molecular flexibility index (Phi) is 6.21. The highest BCUT2D eigenvalue weighted by atomic mass is 16.5. The van der Waals surface area contributed by atoms with Crippen molar-refractivity contribution in [2.24, 2.45) is 0 Å². The molecule has 1 aromatic rings. The standard InChI is InChI=1S/C17H25NO4/c1-12(18-14-6-7-14)13-5-8-15(17(19)21-3)16(11-13)22-10-4-9-20-2/h5,8,11-12,14,18H,4,6-7,9-10H2,1-3H3/t12-/m1/s1. The molecule has 1 aliphatic rings. The van der Waals surface area contributed by atoms with E-state index in [1.54, 1.807) is 13.2 Å². The Labute approximate surface area is 131 Å². The fourth-order valence-corrected chi connectivity index (χ4v) is 2.29. The first-order valence-corrected chi connectivity index (χ1v) is 7.75. The van der Waals surface area contributed by atoms with Crippen molar-refractivity contribution in [3.63, 3.8) is 0 Å². The molecule has 1 fully saturated rings. The number of carbonyl (C=O) groups is 1. The molecule has 0 radical (unpaired) electrons. The first-order valence-electron chi connectivity index (χ1n) is 7.75. The predicted octanol–water partition coefficient (Wildman–Crippen LogP) is 2.70. The van der Waals surface area contributed by atoms with Gasteiger partial charge in [-0.2, -0.15) is 0 Å². The van der Waals surface area contributed by atoms with E-state index in [0.717, 1.165) is 12.0 Å². The van der Waals surface area contributed by atoms with Crippen LogP contribution in [0.3, 0.4) is 0 Å². The van der Waals surface area contributed by atoms with E-state index in [2.05, 4.69) is 12.2 Å².